The molecular formula is C21H25FN3O3+. The maximum absolute atomic E-state index is 13.2. The summed E-state index contributed by atoms with van der Waals surface area (Å²) in [5.41, 5.74) is 1.38. The number of quaternary nitrogens is 1. The van der Waals surface area contributed by atoms with Gasteiger partial charge in [-0.25, -0.2) is 4.39 Å². The van der Waals surface area contributed by atoms with Crippen molar-refractivity contribution in [2.75, 3.05) is 45.2 Å². The third-order valence-electron chi connectivity index (χ3n) is 4.83. The van der Waals surface area contributed by atoms with Gasteiger partial charge in [-0.1, -0.05) is 18.2 Å². The second-order valence-corrected chi connectivity index (χ2v) is 6.89. The molecular weight excluding hydrogens is 361 g/mol. The van der Waals surface area contributed by atoms with Gasteiger partial charge in [-0.3, -0.25) is 9.59 Å². The molecule has 2 amide bonds. The highest BCUT2D eigenvalue weighted by atomic mass is 19.1. The second-order valence-electron chi connectivity index (χ2n) is 6.89. The molecule has 0 radical (unpaired) electrons. The van der Waals surface area contributed by atoms with Gasteiger partial charge in [0.2, 0.25) is 5.91 Å². The molecule has 1 aliphatic rings. The van der Waals surface area contributed by atoms with Gasteiger partial charge >= 0.3 is 0 Å². The molecule has 28 heavy (non-hydrogen) atoms. The number of hydrogen-bond donors (Lipinski definition) is 2. The number of ether oxygens (including phenoxy) is 1. The normalized spacial score (nSPS) is 14.6. The smallest absolute Gasteiger partial charge is 0.279 e. The minimum Gasteiger partial charge on any atom is -0.497 e. The van der Waals surface area contributed by atoms with E-state index in [0.717, 1.165) is 16.2 Å². The number of benzene rings is 2. The van der Waals surface area contributed by atoms with E-state index in [4.69, 9.17) is 4.74 Å². The van der Waals surface area contributed by atoms with Gasteiger partial charge in [-0.2, -0.15) is 0 Å². The van der Waals surface area contributed by atoms with E-state index >= 15 is 0 Å². The summed E-state index contributed by atoms with van der Waals surface area (Å²) in [7, 11) is 1.60. The first kappa shape index (κ1) is 19.8. The van der Waals surface area contributed by atoms with Gasteiger partial charge in [-0.05, 0) is 35.9 Å². The average Bonchev–Trinajstić information content (AvgIpc) is 2.68. The van der Waals surface area contributed by atoms with Crippen LogP contribution in [0.1, 0.15) is 5.56 Å². The number of methoxy groups -OCH3 is 1. The third kappa shape index (κ3) is 5.53. The number of rotatable bonds is 6. The first-order chi connectivity index (χ1) is 13.5. The molecule has 0 unspecified atom stereocenters. The molecule has 1 saturated heterocycles. The van der Waals surface area contributed by atoms with Crippen LogP contribution in [0.5, 0.6) is 5.75 Å². The van der Waals surface area contributed by atoms with Crippen LogP contribution in [0.3, 0.4) is 0 Å². The van der Waals surface area contributed by atoms with E-state index in [-0.39, 0.29) is 17.6 Å². The lowest BCUT2D eigenvalue weighted by Crippen LogP contribution is -3.15. The summed E-state index contributed by atoms with van der Waals surface area (Å²) < 4.78 is 18.4. The fourth-order valence-corrected chi connectivity index (χ4v) is 3.32. The number of nitrogens with one attached hydrogen (secondary N) is 2. The van der Waals surface area contributed by atoms with Gasteiger partial charge in [0, 0.05) is 5.69 Å². The highest BCUT2D eigenvalue weighted by Crippen LogP contribution is 2.14. The van der Waals surface area contributed by atoms with Crippen molar-refractivity contribution in [1.29, 1.82) is 0 Å². The molecule has 0 saturated carbocycles. The van der Waals surface area contributed by atoms with Crippen LogP contribution in [0.2, 0.25) is 0 Å². The van der Waals surface area contributed by atoms with E-state index in [1.54, 1.807) is 19.2 Å². The molecule has 2 aromatic rings. The minimum atomic E-state index is -0.381. The van der Waals surface area contributed by atoms with Crippen LogP contribution in [-0.4, -0.2) is 56.5 Å². The number of hydrogen-bond acceptors (Lipinski definition) is 3. The Morgan fingerprint density at radius 2 is 1.89 bits per heavy atom. The zero-order valence-corrected chi connectivity index (χ0v) is 15.9. The SMILES string of the molecule is COc1cccc(CC(=O)N2CC[NH+](CC(=O)Nc3cccc(F)c3)CC2)c1. The van der Waals surface area contributed by atoms with Crippen molar-refractivity contribution in [3.05, 3.63) is 59.9 Å². The lowest BCUT2D eigenvalue weighted by molar-refractivity contribution is -0.895. The molecule has 7 heteroatoms. The molecule has 148 valence electrons. The number of anilines is 1. The molecule has 0 aliphatic carbocycles. The number of amides is 2. The Morgan fingerprint density at radius 1 is 1.14 bits per heavy atom. The quantitative estimate of drug-likeness (QED) is 0.770. The van der Waals surface area contributed by atoms with Crippen molar-refractivity contribution < 1.29 is 23.6 Å². The first-order valence-electron chi connectivity index (χ1n) is 9.33. The Kier molecular flexibility index (Phi) is 6.60. The Bertz CT molecular complexity index is 835. The predicted molar refractivity (Wildman–Crippen MR) is 104 cm³/mol. The van der Waals surface area contributed by atoms with E-state index in [1.807, 2.05) is 29.2 Å². The molecule has 1 aliphatic heterocycles. The Balaban J connectivity index is 1.44. The molecule has 0 spiro atoms. The molecule has 6 nitrogen and oxygen atoms in total. The molecule has 0 atom stereocenters. The summed E-state index contributed by atoms with van der Waals surface area (Å²) in [6.45, 7) is 2.95. The van der Waals surface area contributed by atoms with Crippen molar-refractivity contribution in [1.82, 2.24) is 4.90 Å². The monoisotopic (exact) mass is 386 g/mol. The van der Waals surface area contributed by atoms with Crippen molar-refractivity contribution in [2.24, 2.45) is 0 Å². The zero-order valence-electron chi connectivity index (χ0n) is 15.9. The van der Waals surface area contributed by atoms with Crippen molar-refractivity contribution in [2.45, 2.75) is 6.42 Å². The number of halogens is 1. The summed E-state index contributed by atoms with van der Waals surface area (Å²) in [4.78, 5) is 27.6. The van der Waals surface area contributed by atoms with E-state index in [2.05, 4.69) is 5.32 Å². The maximum Gasteiger partial charge on any atom is 0.279 e. The molecule has 0 aromatic heterocycles. The highest BCUT2D eigenvalue weighted by Gasteiger charge is 2.25. The Morgan fingerprint density at radius 3 is 2.61 bits per heavy atom. The number of nitrogens with zero attached hydrogens (tertiary/aromatic N) is 1. The van der Waals surface area contributed by atoms with E-state index in [9.17, 15) is 14.0 Å². The molecule has 0 bridgehead atoms. The fraction of sp³-hybridized carbons (Fsp3) is 0.333. The van der Waals surface area contributed by atoms with Crippen LogP contribution in [-0.2, 0) is 16.0 Å². The van der Waals surface area contributed by atoms with Gasteiger partial charge in [-0.15, -0.1) is 0 Å². The Labute approximate surface area is 163 Å². The Hall–Kier alpha value is -2.93. The number of piperazine rings is 1. The zero-order chi connectivity index (χ0) is 19.9. The lowest BCUT2D eigenvalue weighted by atomic mass is 10.1. The van der Waals surface area contributed by atoms with E-state index in [1.165, 1.54) is 12.1 Å². The first-order valence-corrected chi connectivity index (χ1v) is 9.33. The molecule has 3 rings (SSSR count). The lowest BCUT2D eigenvalue weighted by Gasteiger charge is -2.32. The van der Waals surface area contributed by atoms with Gasteiger partial charge < -0.3 is 19.9 Å². The van der Waals surface area contributed by atoms with Gasteiger partial charge in [0.25, 0.3) is 5.91 Å². The standard InChI is InChI=1S/C21H24FN3O3/c1-28-19-7-2-4-16(12-19)13-21(27)25-10-8-24(9-11-25)15-20(26)23-18-6-3-5-17(22)14-18/h2-7,12,14H,8-11,13,15H2,1H3,(H,23,26)/p+1. The van der Waals surface area contributed by atoms with E-state index in [0.29, 0.717) is 44.8 Å². The molecule has 1 fully saturated rings. The van der Waals surface area contributed by atoms with Crippen LogP contribution < -0.4 is 15.0 Å². The largest absolute Gasteiger partial charge is 0.497 e. The maximum atomic E-state index is 13.2. The van der Waals surface area contributed by atoms with Crippen LogP contribution >= 0.6 is 0 Å². The summed E-state index contributed by atoms with van der Waals surface area (Å²) in [5, 5.41) is 2.72. The van der Waals surface area contributed by atoms with Gasteiger partial charge in [0.05, 0.1) is 39.7 Å². The van der Waals surface area contributed by atoms with Crippen LogP contribution in [0.25, 0.3) is 0 Å². The van der Waals surface area contributed by atoms with Crippen LogP contribution in [0.4, 0.5) is 10.1 Å². The predicted octanol–water partition coefficient (Wildman–Crippen LogP) is 0.743. The number of carbonyl (C=O) groups is 2. The van der Waals surface area contributed by atoms with Gasteiger partial charge in [0.15, 0.2) is 6.54 Å². The highest BCUT2D eigenvalue weighted by molar-refractivity contribution is 5.91. The molecule has 2 aromatic carbocycles. The summed E-state index contributed by atoms with van der Waals surface area (Å²) in [6.07, 6.45) is 0.340. The average molecular weight is 386 g/mol. The summed E-state index contributed by atoms with van der Waals surface area (Å²) >= 11 is 0. The summed E-state index contributed by atoms with van der Waals surface area (Å²) in [5.74, 6) is 0.283. The van der Waals surface area contributed by atoms with E-state index < -0.39 is 0 Å². The van der Waals surface area contributed by atoms with Crippen LogP contribution in [0, 0.1) is 5.82 Å². The topological polar surface area (TPSA) is 63.1 Å². The molecule has 1 heterocycles. The summed E-state index contributed by atoms with van der Waals surface area (Å²) in [6, 6.07) is 13.4. The van der Waals surface area contributed by atoms with Crippen molar-refractivity contribution in [3.8, 4) is 5.75 Å². The van der Waals surface area contributed by atoms with Crippen molar-refractivity contribution >= 4 is 17.5 Å². The molecule has 2 N–H and O–H groups in total. The number of carbonyl (C=O) groups excluding carboxylic acids is 2. The van der Waals surface area contributed by atoms with Crippen LogP contribution in [0.15, 0.2) is 48.5 Å². The fourth-order valence-electron chi connectivity index (χ4n) is 3.32. The second kappa shape index (κ2) is 9.32. The van der Waals surface area contributed by atoms with Gasteiger partial charge in [0.1, 0.15) is 11.6 Å². The third-order valence-corrected chi connectivity index (χ3v) is 4.83. The van der Waals surface area contributed by atoms with Crippen molar-refractivity contribution in [3.63, 3.8) is 0 Å². The minimum absolute atomic E-state index is 0.0801.